The number of ketones is 1. The second-order valence-electron chi connectivity index (χ2n) is 5.45. The quantitative estimate of drug-likeness (QED) is 0.279. The second-order valence-corrected chi connectivity index (χ2v) is 5.45. The van der Waals surface area contributed by atoms with E-state index in [4.69, 9.17) is 10.9 Å². The number of nitrogens with two attached hydrogens (primary N) is 1. The smallest absolute Gasteiger partial charge is 0.315 e. The maximum absolute atomic E-state index is 11.4. The lowest BCUT2D eigenvalue weighted by molar-refractivity contribution is -0.140. The molecule has 0 bridgehead atoms. The Labute approximate surface area is 129 Å². The third-order valence-corrected chi connectivity index (χ3v) is 2.80. The molecule has 4 N–H and O–H groups in total. The minimum atomic E-state index is -1.11. The monoisotopic (exact) mass is 306 g/mol. The summed E-state index contributed by atoms with van der Waals surface area (Å²) in [5.41, 5.74) is 8.40. The Bertz CT molecular complexity index is 529. The number of carbonyl (C=O) groups is 2. The fourth-order valence-electron chi connectivity index (χ4n) is 2.04. The van der Waals surface area contributed by atoms with Gasteiger partial charge in [-0.2, -0.15) is 0 Å². The van der Waals surface area contributed by atoms with Gasteiger partial charge in [0, 0.05) is 43.8 Å². The van der Waals surface area contributed by atoms with E-state index in [0.29, 0.717) is 19.0 Å². The summed E-state index contributed by atoms with van der Waals surface area (Å²) in [5, 5.41) is 8.41. The number of pyridine rings is 1. The summed E-state index contributed by atoms with van der Waals surface area (Å²) in [5.74, 6) is -1.57. The molecule has 1 aromatic rings. The van der Waals surface area contributed by atoms with E-state index in [1.165, 1.54) is 5.48 Å². The van der Waals surface area contributed by atoms with Crippen LogP contribution in [0.3, 0.4) is 0 Å². The average molecular weight is 306 g/mol. The Morgan fingerprint density at radius 2 is 2.23 bits per heavy atom. The van der Waals surface area contributed by atoms with Crippen LogP contribution in [0.5, 0.6) is 0 Å². The standard InChI is InChI=1S/C15H22N4O3/c1-11(2)8-19(9-12-4-3-5-17-7-12)10-13(16)6-14(20)15(21)18-22/h3-7,11,22H,8-10,16H2,1-2H3,(H,18,21). The summed E-state index contributed by atoms with van der Waals surface area (Å²) in [6.07, 6.45) is 4.51. The van der Waals surface area contributed by atoms with E-state index in [-0.39, 0.29) is 5.70 Å². The van der Waals surface area contributed by atoms with Gasteiger partial charge in [-0.1, -0.05) is 19.9 Å². The van der Waals surface area contributed by atoms with Crippen LogP contribution in [-0.4, -0.2) is 39.9 Å². The number of nitrogens with one attached hydrogen (secondary N) is 1. The van der Waals surface area contributed by atoms with Gasteiger partial charge in [0.2, 0.25) is 5.78 Å². The van der Waals surface area contributed by atoms with Crippen LogP contribution in [0.15, 0.2) is 36.3 Å². The molecule has 0 aliphatic carbocycles. The van der Waals surface area contributed by atoms with Gasteiger partial charge in [0.05, 0.1) is 0 Å². The predicted molar refractivity (Wildman–Crippen MR) is 81.6 cm³/mol. The first kappa shape index (κ1) is 17.8. The van der Waals surface area contributed by atoms with Gasteiger partial charge in [-0.15, -0.1) is 0 Å². The van der Waals surface area contributed by atoms with Gasteiger partial charge >= 0.3 is 5.91 Å². The molecule has 120 valence electrons. The van der Waals surface area contributed by atoms with Crippen LogP contribution in [0.4, 0.5) is 0 Å². The highest BCUT2D eigenvalue weighted by molar-refractivity contribution is 6.40. The Morgan fingerprint density at radius 3 is 2.77 bits per heavy atom. The molecule has 0 saturated heterocycles. The largest absolute Gasteiger partial charge is 0.401 e. The predicted octanol–water partition coefficient (Wildman–Crippen LogP) is 0.457. The number of nitrogens with zero attached hydrogens (tertiary/aromatic N) is 2. The molecule has 7 heteroatoms. The van der Waals surface area contributed by atoms with E-state index in [1.54, 1.807) is 12.4 Å². The minimum Gasteiger partial charge on any atom is -0.401 e. The number of amides is 1. The van der Waals surface area contributed by atoms with Crippen molar-refractivity contribution in [1.29, 1.82) is 0 Å². The lowest BCUT2D eigenvalue weighted by atomic mass is 10.1. The summed E-state index contributed by atoms with van der Waals surface area (Å²) >= 11 is 0. The number of hydrogen-bond donors (Lipinski definition) is 3. The van der Waals surface area contributed by atoms with Crippen LogP contribution in [0, 0.1) is 5.92 Å². The first-order chi connectivity index (χ1) is 10.4. The molecule has 7 nitrogen and oxygen atoms in total. The van der Waals surface area contributed by atoms with Crippen LogP contribution < -0.4 is 11.2 Å². The molecule has 0 radical (unpaired) electrons. The maximum Gasteiger partial charge on any atom is 0.315 e. The van der Waals surface area contributed by atoms with E-state index in [1.807, 2.05) is 12.1 Å². The highest BCUT2D eigenvalue weighted by Crippen LogP contribution is 2.07. The molecule has 1 amide bonds. The van der Waals surface area contributed by atoms with E-state index >= 15 is 0 Å². The zero-order valence-corrected chi connectivity index (χ0v) is 12.8. The van der Waals surface area contributed by atoms with Crippen molar-refractivity contribution >= 4 is 11.7 Å². The van der Waals surface area contributed by atoms with E-state index in [0.717, 1.165) is 18.2 Å². The molecular weight excluding hydrogens is 284 g/mol. The van der Waals surface area contributed by atoms with Crippen molar-refractivity contribution in [2.24, 2.45) is 11.7 Å². The van der Waals surface area contributed by atoms with Crippen molar-refractivity contribution in [3.63, 3.8) is 0 Å². The van der Waals surface area contributed by atoms with Crippen molar-refractivity contribution in [2.75, 3.05) is 13.1 Å². The number of hydroxylamine groups is 1. The lowest BCUT2D eigenvalue weighted by Crippen LogP contribution is -2.33. The number of rotatable bonds is 8. The Balaban J connectivity index is 2.74. The van der Waals surface area contributed by atoms with Gasteiger partial charge in [-0.25, -0.2) is 5.48 Å². The second kappa shape index (κ2) is 8.91. The molecule has 0 aliphatic rings. The molecular formula is C15H22N4O3. The van der Waals surface area contributed by atoms with Crippen molar-refractivity contribution in [3.8, 4) is 0 Å². The summed E-state index contributed by atoms with van der Waals surface area (Å²) in [6.45, 7) is 5.93. The Morgan fingerprint density at radius 1 is 1.50 bits per heavy atom. The SMILES string of the molecule is CC(C)CN(CC(N)=CC(=O)C(=O)NO)Cc1cccnc1. The fraction of sp³-hybridized carbons (Fsp3) is 0.400. The van der Waals surface area contributed by atoms with Crippen LogP contribution in [-0.2, 0) is 16.1 Å². The van der Waals surface area contributed by atoms with Crippen LogP contribution in [0.25, 0.3) is 0 Å². The van der Waals surface area contributed by atoms with Crippen molar-refractivity contribution in [1.82, 2.24) is 15.4 Å². The number of hydrogen-bond acceptors (Lipinski definition) is 6. The van der Waals surface area contributed by atoms with Gasteiger partial charge in [0.25, 0.3) is 0 Å². The molecule has 0 aliphatic heterocycles. The molecule has 0 saturated carbocycles. The molecule has 0 atom stereocenters. The highest BCUT2D eigenvalue weighted by Gasteiger charge is 2.13. The Kier molecular flexibility index (Phi) is 7.21. The number of aromatic nitrogens is 1. The molecule has 1 aromatic heterocycles. The van der Waals surface area contributed by atoms with Crippen molar-refractivity contribution in [2.45, 2.75) is 20.4 Å². The summed E-state index contributed by atoms with van der Waals surface area (Å²) < 4.78 is 0. The van der Waals surface area contributed by atoms with Gasteiger partial charge in [-0.05, 0) is 17.5 Å². The minimum absolute atomic E-state index is 0.262. The summed E-state index contributed by atoms with van der Waals surface area (Å²) in [7, 11) is 0. The maximum atomic E-state index is 11.4. The van der Waals surface area contributed by atoms with Crippen molar-refractivity contribution < 1.29 is 14.8 Å². The molecule has 0 aromatic carbocycles. The van der Waals surface area contributed by atoms with E-state index in [9.17, 15) is 9.59 Å². The molecule has 0 fully saturated rings. The molecule has 1 rings (SSSR count). The van der Waals surface area contributed by atoms with Gasteiger partial charge in [-0.3, -0.25) is 24.7 Å². The number of carbonyl (C=O) groups excluding carboxylic acids is 2. The first-order valence-corrected chi connectivity index (χ1v) is 6.98. The first-order valence-electron chi connectivity index (χ1n) is 6.98. The van der Waals surface area contributed by atoms with Gasteiger partial charge in [0.15, 0.2) is 0 Å². The molecule has 0 spiro atoms. The van der Waals surface area contributed by atoms with Crippen LogP contribution in [0.2, 0.25) is 0 Å². The lowest BCUT2D eigenvalue weighted by Gasteiger charge is -2.24. The fourth-order valence-corrected chi connectivity index (χ4v) is 2.04. The Hall–Kier alpha value is -2.25. The van der Waals surface area contributed by atoms with E-state index < -0.39 is 11.7 Å². The topological polar surface area (TPSA) is 109 Å². The van der Waals surface area contributed by atoms with Gasteiger partial charge < -0.3 is 5.73 Å². The summed E-state index contributed by atoms with van der Waals surface area (Å²) in [4.78, 5) is 28.5. The molecule has 22 heavy (non-hydrogen) atoms. The zero-order chi connectivity index (χ0) is 16.5. The van der Waals surface area contributed by atoms with E-state index in [2.05, 4.69) is 23.7 Å². The normalized spacial score (nSPS) is 11.8. The van der Waals surface area contributed by atoms with Crippen LogP contribution >= 0.6 is 0 Å². The molecule has 1 heterocycles. The van der Waals surface area contributed by atoms with Crippen molar-refractivity contribution in [3.05, 3.63) is 41.9 Å². The third-order valence-electron chi connectivity index (χ3n) is 2.80. The zero-order valence-electron chi connectivity index (χ0n) is 12.8. The third kappa shape index (κ3) is 6.47. The summed E-state index contributed by atoms with van der Waals surface area (Å²) in [6, 6.07) is 3.82. The molecule has 0 unspecified atom stereocenters. The van der Waals surface area contributed by atoms with Gasteiger partial charge in [0.1, 0.15) is 0 Å². The highest BCUT2D eigenvalue weighted by atomic mass is 16.5. The average Bonchev–Trinajstić information content (AvgIpc) is 2.46. The van der Waals surface area contributed by atoms with Crippen LogP contribution in [0.1, 0.15) is 19.4 Å².